The molecule has 8 heteroatoms. The number of anilines is 1. The number of benzene rings is 1. The maximum absolute atomic E-state index is 12.5. The quantitative estimate of drug-likeness (QED) is 0.632. The second-order valence-electron chi connectivity index (χ2n) is 6.17. The maximum Gasteiger partial charge on any atom is 0.233 e. The van der Waals surface area contributed by atoms with Gasteiger partial charge in [0.15, 0.2) is 5.82 Å². The Labute approximate surface area is 162 Å². The predicted octanol–water partition coefficient (Wildman–Crippen LogP) is 2.10. The average Bonchev–Trinajstić information content (AvgIpc) is 3.28. The molecule has 4 rings (SSSR count). The summed E-state index contributed by atoms with van der Waals surface area (Å²) >= 11 is 1.42. The molecule has 0 saturated carbocycles. The fraction of sp³-hybridized carbons (Fsp3) is 0.263. The summed E-state index contributed by atoms with van der Waals surface area (Å²) in [6, 6.07) is 15.9. The van der Waals surface area contributed by atoms with Crippen molar-refractivity contribution in [3.63, 3.8) is 0 Å². The first-order chi connectivity index (χ1) is 13.3. The van der Waals surface area contributed by atoms with Crippen molar-refractivity contribution in [2.75, 3.05) is 36.8 Å². The minimum Gasteiger partial charge on any atom is -0.368 e. The molecule has 0 aliphatic carbocycles. The van der Waals surface area contributed by atoms with Gasteiger partial charge < -0.3 is 9.80 Å². The molecule has 7 nitrogen and oxygen atoms in total. The van der Waals surface area contributed by atoms with E-state index in [0.29, 0.717) is 11.6 Å². The first-order valence-corrected chi connectivity index (χ1v) is 9.82. The first-order valence-electron chi connectivity index (χ1n) is 8.84. The molecule has 0 unspecified atom stereocenters. The number of aromatic nitrogens is 4. The number of nitrogens with zero attached hydrogens (tertiary/aromatic N) is 6. The van der Waals surface area contributed by atoms with Crippen LogP contribution in [-0.4, -0.2) is 62.7 Å². The average molecular weight is 380 g/mol. The van der Waals surface area contributed by atoms with Gasteiger partial charge in [-0.05, 0) is 30.3 Å². The van der Waals surface area contributed by atoms with E-state index in [2.05, 4.69) is 32.3 Å². The van der Waals surface area contributed by atoms with Gasteiger partial charge in [0.25, 0.3) is 0 Å². The van der Waals surface area contributed by atoms with Crippen molar-refractivity contribution in [1.29, 1.82) is 0 Å². The van der Waals surface area contributed by atoms with Gasteiger partial charge in [0.1, 0.15) is 5.03 Å². The van der Waals surface area contributed by atoms with E-state index in [-0.39, 0.29) is 5.91 Å². The molecular weight excluding hydrogens is 360 g/mol. The summed E-state index contributed by atoms with van der Waals surface area (Å²) in [5.41, 5.74) is 1.21. The van der Waals surface area contributed by atoms with Crippen LogP contribution in [0.15, 0.2) is 66.0 Å². The van der Waals surface area contributed by atoms with E-state index in [0.717, 1.165) is 31.2 Å². The standard InChI is InChI=1S/C19H20N6OS/c26-19(24-13-11-23(12-14-24)16-5-2-1-3-6-16)15-27-18-8-7-17(21-22-18)25-10-4-9-20-25/h1-10H,11-15H2. The van der Waals surface area contributed by atoms with Crippen LogP contribution in [0.2, 0.25) is 0 Å². The number of rotatable bonds is 5. The van der Waals surface area contributed by atoms with Crippen LogP contribution >= 0.6 is 11.8 Å². The highest BCUT2D eigenvalue weighted by Gasteiger charge is 2.21. The van der Waals surface area contributed by atoms with Gasteiger partial charge >= 0.3 is 0 Å². The molecule has 1 aromatic carbocycles. The monoisotopic (exact) mass is 380 g/mol. The van der Waals surface area contributed by atoms with Crippen LogP contribution in [0, 0.1) is 0 Å². The smallest absolute Gasteiger partial charge is 0.233 e. The zero-order chi connectivity index (χ0) is 18.5. The minimum atomic E-state index is 0.144. The molecule has 1 saturated heterocycles. The third-order valence-corrected chi connectivity index (χ3v) is 5.37. The SMILES string of the molecule is O=C(CSc1ccc(-n2cccn2)nn1)N1CCN(c2ccccc2)CC1. The lowest BCUT2D eigenvalue weighted by atomic mass is 10.2. The molecule has 0 N–H and O–H groups in total. The largest absolute Gasteiger partial charge is 0.368 e. The molecule has 0 radical (unpaired) electrons. The van der Waals surface area contributed by atoms with Gasteiger partial charge in [-0.1, -0.05) is 30.0 Å². The van der Waals surface area contributed by atoms with Crippen LogP contribution in [0.1, 0.15) is 0 Å². The van der Waals surface area contributed by atoms with Gasteiger partial charge in [0.2, 0.25) is 5.91 Å². The number of piperazine rings is 1. The number of hydrogen-bond donors (Lipinski definition) is 0. The summed E-state index contributed by atoms with van der Waals surface area (Å²) in [6.07, 6.45) is 3.51. The minimum absolute atomic E-state index is 0.144. The number of amides is 1. The maximum atomic E-state index is 12.5. The van der Waals surface area contributed by atoms with Crippen LogP contribution < -0.4 is 4.90 Å². The molecule has 2 aromatic heterocycles. The summed E-state index contributed by atoms with van der Waals surface area (Å²) in [4.78, 5) is 16.7. The number of thioether (sulfide) groups is 1. The van der Waals surface area contributed by atoms with E-state index >= 15 is 0 Å². The number of carbonyl (C=O) groups excluding carboxylic acids is 1. The van der Waals surface area contributed by atoms with E-state index in [1.54, 1.807) is 10.9 Å². The second kappa shape index (κ2) is 8.22. The highest BCUT2D eigenvalue weighted by atomic mass is 32.2. The molecule has 1 fully saturated rings. The molecule has 1 amide bonds. The van der Waals surface area contributed by atoms with E-state index in [9.17, 15) is 4.79 Å². The fourth-order valence-corrected chi connectivity index (χ4v) is 3.71. The van der Waals surface area contributed by atoms with Crippen LogP contribution in [-0.2, 0) is 4.79 Å². The Morgan fingerprint density at radius 2 is 1.78 bits per heavy atom. The van der Waals surface area contributed by atoms with Crippen LogP contribution in [0.25, 0.3) is 5.82 Å². The lowest BCUT2D eigenvalue weighted by molar-refractivity contribution is -0.128. The third-order valence-electron chi connectivity index (χ3n) is 4.46. The van der Waals surface area contributed by atoms with Gasteiger partial charge in [0, 0.05) is 44.3 Å². The molecule has 1 aliphatic heterocycles. The summed E-state index contributed by atoms with van der Waals surface area (Å²) in [5, 5.41) is 13.2. The van der Waals surface area contributed by atoms with Crippen molar-refractivity contribution < 1.29 is 4.79 Å². The number of para-hydroxylation sites is 1. The van der Waals surface area contributed by atoms with Crippen molar-refractivity contribution >= 4 is 23.4 Å². The Morgan fingerprint density at radius 3 is 2.44 bits per heavy atom. The number of hydrogen-bond acceptors (Lipinski definition) is 6. The highest BCUT2D eigenvalue weighted by molar-refractivity contribution is 7.99. The second-order valence-corrected chi connectivity index (χ2v) is 7.17. The van der Waals surface area contributed by atoms with Gasteiger partial charge in [0.05, 0.1) is 5.75 Å². The summed E-state index contributed by atoms with van der Waals surface area (Å²) in [6.45, 7) is 3.22. The Hall–Kier alpha value is -2.87. The van der Waals surface area contributed by atoms with E-state index in [1.807, 2.05) is 47.5 Å². The molecule has 27 heavy (non-hydrogen) atoms. The van der Waals surface area contributed by atoms with Crippen molar-refractivity contribution in [1.82, 2.24) is 24.9 Å². The molecular formula is C19H20N6OS. The summed E-state index contributed by atoms with van der Waals surface area (Å²) in [7, 11) is 0. The van der Waals surface area contributed by atoms with E-state index in [4.69, 9.17) is 0 Å². The van der Waals surface area contributed by atoms with E-state index < -0.39 is 0 Å². The third kappa shape index (κ3) is 4.28. The zero-order valence-electron chi connectivity index (χ0n) is 14.8. The molecule has 0 atom stereocenters. The van der Waals surface area contributed by atoms with Crippen molar-refractivity contribution in [2.45, 2.75) is 5.03 Å². The van der Waals surface area contributed by atoms with Gasteiger partial charge in [-0.3, -0.25) is 4.79 Å². The topological polar surface area (TPSA) is 67.2 Å². The molecule has 138 valence electrons. The highest BCUT2D eigenvalue weighted by Crippen LogP contribution is 2.18. The van der Waals surface area contributed by atoms with Crippen molar-refractivity contribution in [3.05, 3.63) is 60.9 Å². The molecule has 0 spiro atoms. The Kier molecular flexibility index (Phi) is 5.34. The number of carbonyl (C=O) groups is 1. The predicted molar refractivity (Wildman–Crippen MR) is 105 cm³/mol. The zero-order valence-corrected chi connectivity index (χ0v) is 15.6. The summed E-state index contributed by atoms with van der Waals surface area (Å²) in [5.74, 6) is 1.18. The van der Waals surface area contributed by atoms with Crippen LogP contribution in [0.3, 0.4) is 0 Å². The first kappa shape index (κ1) is 17.5. The van der Waals surface area contributed by atoms with E-state index in [1.165, 1.54) is 17.4 Å². The van der Waals surface area contributed by atoms with Crippen LogP contribution in [0.4, 0.5) is 5.69 Å². The summed E-state index contributed by atoms with van der Waals surface area (Å²) < 4.78 is 1.65. The Balaban J connectivity index is 1.26. The molecule has 3 aromatic rings. The molecule has 0 bridgehead atoms. The normalized spacial score (nSPS) is 14.4. The van der Waals surface area contributed by atoms with Crippen molar-refractivity contribution in [3.8, 4) is 5.82 Å². The fourth-order valence-electron chi connectivity index (χ4n) is 3.00. The lowest BCUT2D eigenvalue weighted by Gasteiger charge is -2.36. The van der Waals surface area contributed by atoms with Crippen molar-refractivity contribution in [2.24, 2.45) is 0 Å². The van der Waals surface area contributed by atoms with Gasteiger partial charge in [-0.25, -0.2) is 4.68 Å². The Morgan fingerprint density at radius 1 is 0.963 bits per heavy atom. The van der Waals surface area contributed by atoms with Crippen LogP contribution in [0.5, 0.6) is 0 Å². The molecule has 3 heterocycles. The Bertz CT molecular complexity index is 861. The lowest BCUT2D eigenvalue weighted by Crippen LogP contribution is -2.49. The molecule has 1 aliphatic rings. The van der Waals surface area contributed by atoms with Gasteiger partial charge in [-0.2, -0.15) is 5.10 Å². The van der Waals surface area contributed by atoms with Gasteiger partial charge in [-0.15, -0.1) is 10.2 Å².